The van der Waals surface area contributed by atoms with Crippen molar-refractivity contribution in [2.75, 3.05) is 4.90 Å². The molecule has 0 radical (unpaired) electrons. The molecule has 0 amide bonds. The summed E-state index contributed by atoms with van der Waals surface area (Å²) in [4.78, 5) is 2.53. The zero-order valence-electron chi connectivity index (χ0n) is 18.6. The van der Waals surface area contributed by atoms with E-state index in [4.69, 9.17) is 0 Å². The van der Waals surface area contributed by atoms with Crippen LogP contribution in [0.5, 0.6) is 0 Å². The van der Waals surface area contributed by atoms with Crippen molar-refractivity contribution in [3.63, 3.8) is 0 Å². The smallest absolute Gasteiger partial charge is 0.131 e. The van der Waals surface area contributed by atoms with E-state index in [9.17, 15) is 0 Å². The van der Waals surface area contributed by atoms with Crippen molar-refractivity contribution in [3.8, 4) is 11.1 Å². The zero-order chi connectivity index (χ0) is 21.0. The molecule has 3 aromatic rings. The van der Waals surface area contributed by atoms with E-state index in [2.05, 4.69) is 106 Å². The molecule has 2 aliphatic rings. The van der Waals surface area contributed by atoms with Crippen molar-refractivity contribution in [1.29, 1.82) is 0 Å². The lowest BCUT2D eigenvalue weighted by Gasteiger charge is -2.39. The summed E-state index contributed by atoms with van der Waals surface area (Å²) in [5, 5.41) is 3.76. The first-order valence-corrected chi connectivity index (χ1v) is 11.1. The van der Waals surface area contributed by atoms with Gasteiger partial charge < -0.3 is 10.2 Å². The highest BCUT2D eigenvalue weighted by molar-refractivity contribution is 5.95. The Labute approximate surface area is 180 Å². The van der Waals surface area contributed by atoms with Crippen LogP contribution < -0.4 is 10.2 Å². The topological polar surface area (TPSA) is 15.3 Å². The molecule has 2 unspecified atom stereocenters. The molecule has 0 bridgehead atoms. The number of nitrogens with one attached hydrogen (secondary N) is 1. The summed E-state index contributed by atoms with van der Waals surface area (Å²) in [6.45, 7) is 11.3. The molecular formula is C28H30N2. The van der Waals surface area contributed by atoms with Crippen molar-refractivity contribution >= 4 is 11.4 Å². The SMILES string of the molecule is CCC(C)c1cccc2c1C1NC=C(c3c(C)cccc3C)N1c1ccc(C)cc1-2. The van der Waals surface area contributed by atoms with E-state index in [-0.39, 0.29) is 6.17 Å². The van der Waals surface area contributed by atoms with Gasteiger partial charge in [0.05, 0.1) is 11.4 Å². The van der Waals surface area contributed by atoms with Crippen LogP contribution in [0.1, 0.15) is 65.7 Å². The monoisotopic (exact) mass is 394 g/mol. The maximum atomic E-state index is 3.76. The van der Waals surface area contributed by atoms with Crippen molar-refractivity contribution < 1.29 is 0 Å². The van der Waals surface area contributed by atoms with Gasteiger partial charge in [-0.05, 0) is 67.5 Å². The highest BCUT2D eigenvalue weighted by Crippen LogP contribution is 2.52. The van der Waals surface area contributed by atoms with Gasteiger partial charge in [-0.15, -0.1) is 0 Å². The van der Waals surface area contributed by atoms with Crippen LogP contribution >= 0.6 is 0 Å². The second-order valence-corrected chi connectivity index (χ2v) is 8.87. The van der Waals surface area contributed by atoms with Crippen molar-refractivity contribution in [1.82, 2.24) is 5.32 Å². The third-order valence-electron chi connectivity index (χ3n) is 6.89. The van der Waals surface area contributed by atoms with Crippen molar-refractivity contribution in [3.05, 3.63) is 94.2 Å². The number of hydrogen-bond donors (Lipinski definition) is 1. The summed E-state index contributed by atoms with van der Waals surface area (Å²) >= 11 is 0. The quantitative estimate of drug-likeness (QED) is 0.505. The van der Waals surface area contributed by atoms with Gasteiger partial charge in [-0.25, -0.2) is 0 Å². The normalized spacial score (nSPS) is 17.6. The summed E-state index contributed by atoms with van der Waals surface area (Å²) in [5.41, 5.74) is 13.4. The molecule has 152 valence electrons. The molecule has 2 heteroatoms. The molecular weight excluding hydrogens is 364 g/mol. The van der Waals surface area contributed by atoms with E-state index in [0.717, 1.165) is 6.42 Å². The largest absolute Gasteiger partial charge is 0.365 e. The minimum absolute atomic E-state index is 0.134. The first-order chi connectivity index (χ1) is 14.5. The van der Waals surface area contributed by atoms with E-state index in [0.29, 0.717) is 5.92 Å². The lowest BCUT2D eigenvalue weighted by molar-refractivity contribution is 0.635. The number of benzene rings is 3. The number of nitrogens with zero attached hydrogens (tertiary/aromatic N) is 1. The van der Waals surface area contributed by atoms with Crippen molar-refractivity contribution in [2.45, 2.75) is 53.1 Å². The second-order valence-electron chi connectivity index (χ2n) is 8.87. The summed E-state index contributed by atoms with van der Waals surface area (Å²) < 4.78 is 0. The molecule has 1 N–H and O–H groups in total. The van der Waals surface area contributed by atoms with E-state index < -0.39 is 0 Å². The molecule has 2 atom stereocenters. The highest BCUT2D eigenvalue weighted by atomic mass is 15.3. The molecule has 0 fully saturated rings. The molecule has 2 heterocycles. The van der Waals surface area contributed by atoms with Crippen LogP contribution in [0.2, 0.25) is 0 Å². The van der Waals surface area contributed by atoms with Gasteiger partial charge in [0.1, 0.15) is 6.17 Å². The molecule has 0 aliphatic carbocycles. The first kappa shape index (κ1) is 19.0. The van der Waals surface area contributed by atoms with Crippen LogP contribution in [-0.2, 0) is 0 Å². The summed E-state index contributed by atoms with van der Waals surface area (Å²) in [6, 6.07) is 20.3. The fourth-order valence-electron chi connectivity index (χ4n) is 5.18. The number of fused-ring (bicyclic) bond motifs is 6. The molecule has 5 rings (SSSR count). The fraction of sp³-hybridized carbons (Fsp3) is 0.286. The average molecular weight is 395 g/mol. The van der Waals surface area contributed by atoms with Crippen LogP contribution in [-0.4, -0.2) is 0 Å². The van der Waals surface area contributed by atoms with Gasteiger partial charge in [0, 0.05) is 22.9 Å². The van der Waals surface area contributed by atoms with Gasteiger partial charge in [0.25, 0.3) is 0 Å². The van der Waals surface area contributed by atoms with Crippen LogP contribution in [0, 0.1) is 20.8 Å². The Bertz CT molecular complexity index is 1150. The average Bonchev–Trinajstić information content (AvgIpc) is 3.17. The Morgan fingerprint density at radius 3 is 2.40 bits per heavy atom. The van der Waals surface area contributed by atoms with E-state index in [1.165, 1.54) is 55.9 Å². The Balaban J connectivity index is 1.77. The van der Waals surface area contributed by atoms with Gasteiger partial charge in [-0.2, -0.15) is 0 Å². The number of anilines is 1. The summed E-state index contributed by atoms with van der Waals surface area (Å²) in [6.07, 6.45) is 3.50. The molecule has 0 saturated heterocycles. The predicted molar refractivity (Wildman–Crippen MR) is 128 cm³/mol. The van der Waals surface area contributed by atoms with Gasteiger partial charge in [0.2, 0.25) is 0 Å². The van der Waals surface area contributed by atoms with E-state index >= 15 is 0 Å². The molecule has 0 spiro atoms. The fourth-order valence-corrected chi connectivity index (χ4v) is 5.18. The Morgan fingerprint density at radius 2 is 1.67 bits per heavy atom. The minimum atomic E-state index is 0.134. The lowest BCUT2D eigenvalue weighted by Crippen LogP contribution is -2.33. The number of hydrogen-bond acceptors (Lipinski definition) is 2. The molecule has 3 aromatic carbocycles. The molecule has 2 nitrogen and oxygen atoms in total. The molecule has 0 saturated carbocycles. The van der Waals surface area contributed by atoms with Gasteiger partial charge in [-0.1, -0.05) is 61.9 Å². The van der Waals surface area contributed by atoms with Crippen LogP contribution in [0.4, 0.5) is 5.69 Å². The summed E-state index contributed by atoms with van der Waals surface area (Å²) in [7, 11) is 0. The van der Waals surface area contributed by atoms with Gasteiger partial charge >= 0.3 is 0 Å². The number of aryl methyl sites for hydroxylation is 3. The third kappa shape index (κ3) is 2.70. The second kappa shape index (κ2) is 7.05. The van der Waals surface area contributed by atoms with Crippen molar-refractivity contribution in [2.24, 2.45) is 0 Å². The number of rotatable bonds is 3. The Kier molecular flexibility index (Phi) is 4.47. The molecule has 30 heavy (non-hydrogen) atoms. The summed E-state index contributed by atoms with van der Waals surface area (Å²) in [5.74, 6) is 0.527. The standard InChI is InChI=1S/C28H30N2/c1-6-18(3)21-11-8-12-22-23-15-17(2)13-14-24(23)30-25(16-29-28(30)27(21)22)26-19(4)9-7-10-20(26)5/h7-16,18,28-29H,6H2,1-5H3. The maximum Gasteiger partial charge on any atom is 0.131 e. The van der Waals surface area contributed by atoms with Gasteiger partial charge in [-0.3, -0.25) is 0 Å². The van der Waals surface area contributed by atoms with Gasteiger partial charge in [0.15, 0.2) is 0 Å². The van der Waals surface area contributed by atoms with Crippen LogP contribution in [0.15, 0.2) is 60.8 Å². The lowest BCUT2D eigenvalue weighted by atomic mass is 9.83. The maximum absolute atomic E-state index is 3.76. The van der Waals surface area contributed by atoms with E-state index in [1.807, 2.05) is 0 Å². The third-order valence-corrected chi connectivity index (χ3v) is 6.89. The minimum Gasteiger partial charge on any atom is -0.365 e. The highest BCUT2D eigenvalue weighted by Gasteiger charge is 2.39. The van der Waals surface area contributed by atoms with E-state index in [1.54, 1.807) is 0 Å². The van der Waals surface area contributed by atoms with Crippen LogP contribution in [0.3, 0.4) is 0 Å². The first-order valence-electron chi connectivity index (χ1n) is 11.1. The Hall–Kier alpha value is -3.00. The molecule has 2 aliphatic heterocycles. The van der Waals surface area contributed by atoms with Crippen LogP contribution in [0.25, 0.3) is 16.8 Å². The Morgan fingerprint density at radius 1 is 0.933 bits per heavy atom. The predicted octanol–water partition coefficient (Wildman–Crippen LogP) is 7.21. The molecule has 0 aromatic heterocycles. The zero-order valence-corrected chi connectivity index (χ0v) is 18.6.